The number of nitrogens with one attached hydrogen (secondary N) is 2. The molecule has 2 N–H and O–H groups in total. The van der Waals surface area contributed by atoms with Gasteiger partial charge in [-0.1, -0.05) is 0 Å². The summed E-state index contributed by atoms with van der Waals surface area (Å²) in [4.78, 5) is 57.3. The fraction of sp³-hybridized carbons (Fsp3) is 0.364. The van der Waals surface area contributed by atoms with Gasteiger partial charge in [-0.05, 0) is 6.42 Å². The van der Waals surface area contributed by atoms with E-state index in [0.29, 0.717) is 6.29 Å². The van der Waals surface area contributed by atoms with Crippen LogP contribution in [0.25, 0.3) is 0 Å². The smallest absolute Gasteiger partial charge is 0.277 e. The van der Waals surface area contributed by atoms with E-state index in [9.17, 15) is 24.0 Å². The fourth-order valence-electron chi connectivity index (χ4n) is 1.99. The molecule has 0 aliphatic carbocycles. The molecule has 0 saturated carbocycles. The van der Waals surface area contributed by atoms with Gasteiger partial charge < -0.3 is 10.1 Å². The molecule has 100 valence electrons. The van der Waals surface area contributed by atoms with E-state index < -0.39 is 29.7 Å². The first kappa shape index (κ1) is 12.9. The van der Waals surface area contributed by atoms with Crippen molar-refractivity contribution in [3.05, 3.63) is 11.8 Å². The highest BCUT2D eigenvalue weighted by atomic mass is 16.2. The largest absolute Gasteiger partial charge is 0.374 e. The number of imide groups is 2. The highest BCUT2D eigenvalue weighted by molar-refractivity contribution is 6.18. The lowest BCUT2D eigenvalue weighted by molar-refractivity contribution is -0.149. The van der Waals surface area contributed by atoms with Crippen LogP contribution in [0, 0.1) is 0 Å². The van der Waals surface area contributed by atoms with E-state index in [1.807, 2.05) is 0 Å². The molecule has 8 heteroatoms. The van der Waals surface area contributed by atoms with Crippen LogP contribution in [0.5, 0.6) is 0 Å². The van der Waals surface area contributed by atoms with Gasteiger partial charge in [0, 0.05) is 12.5 Å². The number of nitrogens with zero attached hydrogens (tertiary/aromatic N) is 1. The minimum Gasteiger partial charge on any atom is -0.374 e. The van der Waals surface area contributed by atoms with Crippen molar-refractivity contribution in [2.24, 2.45) is 0 Å². The first-order valence-electron chi connectivity index (χ1n) is 5.65. The number of carbonyl (C=O) groups excluding carboxylic acids is 5. The van der Waals surface area contributed by atoms with Crippen molar-refractivity contribution < 1.29 is 24.0 Å². The summed E-state index contributed by atoms with van der Waals surface area (Å²) in [5.41, 5.74) is -0.0261. The van der Waals surface area contributed by atoms with Crippen molar-refractivity contribution in [3.8, 4) is 0 Å². The van der Waals surface area contributed by atoms with Gasteiger partial charge >= 0.3 is 0 Å². The molecule has 0 aromatic heterocycles. The zero-order chi connectivity index (χ0) is 14.0. The summed E-state index contributed by atoms with van der Waals surface area (Å²) in [6.07, 6.45) is 1.77. The van der Waals surface area contributed by atoms with Gasteiger partial charge in [0.05, 0.1) is 6.54 Å². The third-order valence-corrected chi connectivity index (χ3v) is 2.85. The van der Waals surface area contributed by atoms with Gasteiger partial charge in [0.1, 0.15) is 18.0 Å². The molecule has 2 heterocycles. The lowest BCUT2D eigenvalue weighted by Crippen LogP contribution is -2.54. The Morgan fingerprint density at radius 3 is 2.74 bits per heavy atom. The summed E-state index contributed by atoms with van der Waals surface area (Å²) in [7, 11) is 0. The van der Waals surface area contributed by atoms with E-state index in [1.165, 1.54) is 0 Å². The summed E-state index contributed by atoms with van der Waals surface area (Å²) in [6.45, 7) is -0.103. The second-order valence-corrected chi connectivity index (χ2v) is 4.09. The molecule has 4 amide bonds. The molecule has 1 fully saturated rings. The summed E-state index contributed by atoms with van der Waals surface area (Å²) in [6, 6.07) is -0.982. The third kappa shape index (κ3) is 2.37. The summed E-state index contributed by atoms with van der Waals surface area (Å²) >= 11 is 0. The number of hydrogen-bond acceptors (Lipinski definition) is 6. The SMILES string of the molecule is O=CCNC1=CC(=O)N(C2CCC(=O)NC2=O)C1=O. The molecule has 1 unspecified atom stereocenters. The van der Waals surface area contributed by atoms with Crippen LogP contribution in [-0.2, 0) is 24.0 Å². The van der Waals surface area contributed by atoms with Gasteiger partial charge in [-0.15, -0.1) is 0 Å². The first-order valence-corrected chi connectivity index (χ1v) is 5.65. The molecule has 19 heavy (non-hydrogen) atoms. The van der Waals surface area contributed by atoms with E-state index in [1.54, 1.807) is 0 Å². The molecule has 0 aromatic carbocycles. The quantitative estimate of drug-likeness (QED) is 0.442. The van der Waals surface area contributed by atoms with E-state index in [-0.39, 0.29) is 25.1 Å². The predicted octanol–water partition coefficient (Wildman–Crippen LogP) is -2.17. The molecule has 2 aliphatic heterocycles. The van der Waals surface area contributed by atoms with Gasteiger partial charge in [-0.2, -0.15) is 0 Å². The molecule has 0 radical (unpaired) electrons. The minimum absolute atomic E-state index is 0.0261. The van der Waals surface area contributed by atoms with E-state index >= 15 is 0 Å². The van der Waals surface area contributed by atoms with Crippen molar-refractivity contribution >= 4 is 29.9 Å². The molecule has 2 rings (SSSR count). The van der Waals surface area contributed by atoms with Gasteiger partial charge in [-0.25, -0.2) is 0 Å². The maximum atomic E-state index is 11.9. The number of piperidine rings is 1. The van der Waals surface area contributed by atoms with Crippen LogP contribution in [0.4, 0.5) is 0 Å². The van der Waals surface area contributed by atoms with Gasteiger partial charge in [0.2, 0.25) is 11.8 Å². The standard InChI is InChI=1S/C11H11N3O5/c15-4-3-12-6-5-9(17)14(11(6)19)7-1-2-8(16)13-10(7)18/h4-5,7,12H,1-3H2,(H,13,16,18). The van der Waals surface area contributed by atoms with Gasteiger partial charge in [0.15, 0.2) is 0 Å². The Morgan fingerprint density at radius 1 is 1.37 bits per heavy atom. The van der Waals surface area contributed by atoms with Crippen molar-refractivity contribution in [2.45, 2.75) is 18.9 Å². The molecule has 1 saturated heterocycles. The van der Waals surface area contributed by atoms with Crippen molar-refractivity contribution in [1.82, 2.24) is 15.5 Å². The van der Waals surface area contributed by atoms with Crippen LogP contribution in [-0.4, -0.2) is 47.4 Å². The molecule has 0 spiro atoms. The van der Waals surface area contributed by atoms with Crippen LogP contribution >= 0.6 is 0 Å². The normalized spacial score (nSPS) is 23.3. The van der Waals surface area contributed by atoms with Gasteiger partial charge in [-0.3, -0.25) is 29.4 Å². The molecular formula is C11H11N3O5. The maximum Gasteiger partial charge on any atom is 0.277 e. The first-order chi connectivity index (χ1) is 9.04. The Morgan fingerprint density at radius 2 is 2.11 bits per heavy atom. The highest BCUT2D eigenvalue weighted by Crippen LogP contribution is 2.19. The lowest BCUT2D eigenvalue weighted by Gasteiger charge is -2.28. The Balaban J connectivity index is 2.12. The van der Waals surface area contributed by atoms with Crippen molar-refractivity contribution in [1.29, 1.82) is 0 Å². The maximum absolute atomic E-state index is 11.9. The van der Waals surface area contributed by atoms with Crippen LogP contribution in [0.15, 0.2) is 11.8 Å². The van der Waals surface area contributed by atoms with Crippen LogP contribution in [0.3, 0.4) is 0 Å². The van der Waals surface area contributed by atoms with Gasteiger partial charge in [0.25, 0.3) is 11.8 Å². The minimum atomic E-state index is -0.982. The number of hydrogen-bond donors (Lipinski definition) is 2. The second kappa shape index (κ2) is 5.01. The number of carbonyl (C=O) groups is 5. The second-order valence-electron chi connectivity index (χ2n) is 4.09. The average molecular weight is 265 g/mol. The predicted molar refractivity (Wildman–Crippen MR) is 60.2 cm³/mol. The molecule has 8 nitrogen and oxygen atoms in total. The third-order valence-electron chi connectivity index (χ3n) is 2.85. The monoisotopic (exact) mass is 265 g/mol. The highest BCUT2D eigenvalue weighted by Gasteiger charge is 2.42. The fourth-order valence-corrected chi connectivity index (χ4v) is 1.99. The van der Waals surface area contributed by atoms with Crippen molar-refractivity contribution in [3.63, 3.8) is 0 Å². The van der Waals surface area contributed by atoms with Crippen LogP contribution < -0.4 is 10.6 Å². The van der Waals surface area contributed by atoms with Crippen LogP contribution in [0.2, 0.25) is 0 Å². The molecule has 0 aromatic rings. The van der Waals surface area contributed by atoms with Crippen LogP contribution in [0.1, 0.15) is 12.8 Å². The summed E-state index contributed by atoms with van der Waals surface area (Å²) < 4.78 is 0. The van der Waals surface area contributed by atoms with E-state index in [2.05, 4.69) is 10.6 Å². The number of aldehydes is 1. The summed E-state index contributed by atoms with van der Waals surface area (Å²) in [5, 5.41) is 4.57. The molecule has 1 atom stereocenters. The molecular weight excluding hydrogens is 254 g/mol. The van der Waals surface area contributed by atoms with Crippen molar-refractivity contribution in [2.75, 3.05) is 6.54 Å². The number of rotatable bonds is 4. The van der Waals surface area contributed by atoms with E-state index in [0.717, 1.165) is 11.0 Å². The number of amides is 4. The lowest BCUT2D eigenvalue weighted by atomic mass is 10.0. The zero-order valence-corrected chi connectivity index (χ0v) is 9.84. The Kier molecular flexibility index (Phi) is 3.41. The molecule has 2 aliphatic rings. The van der Waals surface area contributed by atoms with E-state index in [4.69, 9.17) is 0 Å². The summed E-state index contributed by atoms with van der Waals surface area (Å²) in [5.74, 6) is -2.38. The Labute approximate surface area is 107 Å². The topological polar surface area (TPSA) is 113 Å². The Hall–Kier alpha value is -2.51. The Bertz CT molecular complexity index is 510. The zero-order valence-electron chi connectivity index (χ0n) is 9.84. The average Bonchev–Trinajstić information content (AvgIpc) is 2.63. The molecule has 0 bridgehead atoms.